The Hall–Kier alpha value is -6.05. The second-order valence-corrected chi connectivity index (χ2v) is 19.2. The Morgan fingerprint density at radius 2 is 1.82 bits per heavy atom. The number of nitrogens with zero attached hydrogens (tertiary/aromatic N) is 4. The lowest BCUT2D eigenvalue weighted by molar-refractivity contribution is -0.384. The first-order chi connectivity index (χ1) is 30.9. The standard InChI is InChI=1S/C46H49F4N7O7S/c1-45(2)14-10-32(36(25-45)30-6-8-37(38(47)23-30)46(48,49)50)28-55-16-18-56(19-17-55)40-5-3-4-35(42(40)64-33-22-31-11-15-51-43(31)53-27-33)44(58)54-65(61,62)34-7-9-39(41(24-34)57(59)60)52-26-29-12-20-63-21-13-29/h3-9,11,15,22-24,27,29,52H,10,12-14,16-21,25-26,28H2,1-2H3,(H,51,53)(H,54,58). The molecule has 2 saturated heterocycles. The third kappa shape index (κ3) is 10.4. The van der Waals surface area contributed by atoms with Crippen LogP contribution in [0.1, 0.15) is 67.4 Å². The number of halogens is 4. The number of ether oxygens (including phenoxy) is 2. The van der Waals surface area contributed by atoms with E-state index in [1.54, 1.807) is 30.5 Å². The minimum atomic E-state index is -4.80. The molecule has 19 heteroatoms. The van der Waals surface area contributed by atoms with E-state index in [-0.39, 0.29) is 34.1 Å². The molecule has 344 valence electrons. The molecule has 0 atom stereocenters. The molecule has 3 N–H and O–H groups in total. The van der Waals surface area contributed by atoms with Gasteiger partial charge in [-0.25, -0.2) is 22.5 Å². The number of allylic oxidation sites excluding steroid dienone is 1. The van der Waals surface area contributed by atoms with E-state index < -0.39 is 49.0 Å². The van der Waals surface area contributed by atoms with Crippen LogP contribution in [0.25, 0.3) is 16.6 Å². The second-order valence-electron chi connectivity index (χ2n) is 17.5. The number of pyridine rings is 1. The van der Waals surface area contributed by atoms with Gasteiger partial charge in [0.25, 0.3) is 21.6 Å². The van der Waals surface area contributed by atoms with E-state index >= 15 is 0 Å². The van der Waals surface area contributed by atoms with Crippen molar-refractivity contribution in [3.63, 3.8) is 0 Å². The van der Waals surface area contributed by atoms with E-state index in [4.69, 9.17) is 9.47 Å². The Morgan fingerprint density at radius 3 is 2.54 bits per heavy atom. The summed E-state index contributed by atoms with van der Waals surface area (Å²) in [4.78, 5) is 36.7. The maximum Gasteiger partial charge on any atom is 0.419 e. The lowest BCUT2D eigenvalue weighted by Crippen LogP contribution is -2.47. The van der Waals surface area contributed by atoms with Gasteiger partial charge in [0.15, 0.2) is 5.75 Å². The van der Waals surface area contributed by atoms with E-state index in [9.17, 15) is 40.9 Å². The number of carbonyl (C=O) groups is 1. The molecule has 0 saturated carbocycles. The number of hydrogen-bond acceptors (Lipinski definition) is 11. The fourth-order valence-corrected chi connectivity index (χ4v) is 9.72. The van der Waals surface area contributed by atoms with E-state index in [0.717, 1.165) is 54.0 Å². The van der Waals surface area contributed by atoms with E-state index in [2.05, 4.69) is 38.8 Å². The summed E-state index contributed by atoms with van der Waals surface area (Å²) in [5.74, 6) is -1.76. The fraction of sp³-hybridized carbons (Fsp3) is 0.391. The number of nitro groups is 1. The molecule has 3 aliphatic rings. The Kier molecular flexibility index (Phi) is 12.9. The fourth-order valence-electron chi connectivity index (χ4n) is 8.74. The Balaban J connectivity index is 1.04. The van der Waals surface area contributed by atoms with Gasteiger partial charge in [-0.3, -0.25) is 19.8 Å². The first-order valence-electron chi connectivity index (χ1n) is 21.4. The maximum absolute atomic E-state index is 14.8. The van der Waals surface area contributed by atoms with Crippen molar-refractivity contribution in [3.05, 3.63) is 117 Å². The highest BCUT2D eigenvalue weighted by molar-refractivity contribution is 7.90. The zero-order valence-corrected chi connectivity index (χ0v) is 36.7. The van der Waals surface area contributed by atoms with E-state index in [1.807, 2.05) is 4.90 Å². The van der Waals surface area contributed by atoms with Crippen LogP contribution in [0.3, 0.4) is 0 Å². The SMILES string of the molecule is CC1(C)CCC(CN2CCN(c3cccc(C(=O)NS(=O)(=O)c4ccc(NCC5CCOCC5)c([N+](=O)[O-])c4)c3Oc3cnc4[nH]ccc4c3)CC2)=C(c2ccc(C(F)(F)F)c(F)c2)C1. The zero-order valence-electron chi connectivity index (χ0n) is 35.8. The van der Waals surface area contributed by atoms with Crippen LogP contribution in [0.5, 0.6) is 11.5 Å². The normalized spacial score (nSPS) is 17.6. The summed E-state index contributed by atoms with van der Waals surface area (Å²) in [6.07, 6.45) is 2.11. The van der Waals surface area contributed by atoms with Crippen molar-refractivity contribution in [2.24, 2.45) is 11.3 Å². The highest BCUT2D eigenvalue weighted by Gasteiger charge is 2.36. The molecule has 8 rings (SSSR count). The van der Waals surface area contributed by atoms with Crippen molar-refractivity contribution in [3.8, 4) is 11.5 Å². The topological polar surface area (TPSA) is 172 Å². The van der Waals surface area contributed by atoms with Crippen molar-refractivity contribution < 1.29 is 45.2 Å². The summed E-state index contributed by atoms with van der Waals surface area (Å²) in [6, 6.07) is 14.9. The number of aromatic nitrogens is 2. The zero-order chi connectivity index (χ0) is 46.1. The van der Waals surface area contributed by atoms with Gasteiger partial charge >= 0.3 is 6.18 Å². The van der Waals surface area contributed by atoms with Gasteiger partial charge in [0.1, 0.15) is 22.9 Å². The number of carbonyl (C=O) groups excluding carboxylic acids is 1. The number of rotatable bonds is 13. The number of hydrogen-bond donors (Lipinski definition) is 3. The molecule has 1 aliphatic carbocycles. The van der Waals surface area contributed by atoms with E-state index in [1.165, 1.54) is 30.5 Å². The third-order valence-corrected chi connectivity index (χ3v) is 13.7. The molecule has 0 unspecified atom stereocenters. The van der Waals surface area contributed by atoms with Crippen LogP contribution in [-0.4, -0.2) is 86.6 Å². The summed E-state index contributed by atoms with van der Waals surface area (Å²) in [5.41, 5.74) is 1.58. The highest BCUT2D eigenvalue weighted by Crippen LogP contribution is 2.45. The van der Waals surface area contributed by atoms with Gasteiger partial charge < -0.3 is 24.7 Å². The maximum atomic E-state index is 14.8. The number of nitrogens with one attached hydrogen (secondary N) is 3. The van der Waals surface area contributed by atoms with Gasteiger partial charge in [0.05, 0.1) is 32.8 Å². The molecule has 0 spiro atoms. The van der Waals surface area contributed by atoms with Crippen molar-refractivity contribution in [2.75, 3.05) is 62.7 Å². The van der Waals surface area contributed by atoms with Gasteiger partial charge in [-0.05, 0) is 103 Å². The average molecular weight is 920 g/mol. The number of benzene rings is 3. The molecule has 4 heterocycles. The van der Waals surface area contributed by atoms with Gasteiger partial charge in [-0.15, -0.1) is 0 Å². The first-order valence-corrected chi connectivity index (χ1v) is 22.9. The summed E-state index contributed by atoms with van der Waals surface area (Å²) < 4.78 is 96.5. The molecular formula is C46H49F4N7O7S. The molecule has 0 bridgehead atoms. The molecular weight excluding hydrogens is 871 g/mol. The number of fused-ring (bicyclic) bond motifs is 1. The van der Waals surface area contributed by atoms with Crippen LogP contribution in [0, 0.1) is 27.3 Å². The summed E-state index contributed by atoms with van der Waals surface area (Å²) in [6.45, 7) is 8.34. The first kappa shape index (κ1) is 45.5. The second kappa shape index (κ2) is 18.4. The lowest BCUT2D eigenvalue weighted by atomic mass is 9.72. The summed E-state index contributed by atoms with van der Waals surface area (Å²) in [7, 11) is -4.64. The minimum absolute atomic E-state index is 0.0628. The Bertz CT molecular complexity index is 2750. The minimum Gasteiger partial charge on any atom is -0.453 e. The van der Waals surface area contributed by atoms with E-state index in [0.29, 0.717) is 82.2 Å². The molecule has 14 nitrogen and oxygen atoms in total. The monoisotopic (exact) mass is 919 g/mol. The number of alkyl halides is 3. The van der Waals surface area contributed by atoms with Crippen molar-refractivity contribution >= 4 is 49.6 Å². The van der Waals surface area contributed by atoms with Crippen molar-refractivity contribution in [2.45, 2.75) is 57.0 Å². The molecule has 0 radical (unpaired) electrons. The Labute approximate surface area is 373 Å². The third-order valence-electron chi connectivity index (χ3n) is 12.4. The van der Waals surface area contributed by atoms with Crippen molar-refractivity contribution in [1.82, 2.24) is 19.6 Å². The van der Waals surface area contributed by atoms with Crippen LogP contribution >= 0.6 is 0 Å². The summed E-state index contributed by atoms with van der Waals surface area (Å²) >= 11 is 0. The van der Waals surface area contributed by atoms with Crippen LogP contribution in [0.2, 0.25) is 0 Å². The number of sulfonamides is 1. The number of para-hydroxylation sites is 1. The molecule has 2 aromatic heterocycles. The number of amides is 1. The Morgan fingerprint density at radius 1 is 1.05 bits per heavy atom. The van der Waals surface area contributed by atoms with Crippen LogP contribution in [0.4, 0.5) is 34.6 Å². The van der Waals surface area contributed by atoms with Gasteiger partial charge in [0.2, 0.25) is 0 Å². The average Bonchev–Trinajstić information content (AvgIpc) is 3.74. The van der Waals surface area contributed by atoms with Gasteiger partial charge in [-0.2, -0.15) is 13.2 Å². The predicted molar refractivity (Wildman–Crippen MR) is 237 cm³/mol. The summed E-state index contributed by atoms with van der Waals surface area (Å²) in [5, 5.41) is 15.9. The number of H-pyrrole nitrogens is 1. The van der Waals surface area contributed by atoms with Crippen LogP contribution in [-0.2, 0) is 20.9 Å². The molecule has 65 heavy (non-hydrogen) atoms. The van der Waals surface area contributed by atoms with Gasteiger partial charge in [-0.1, -0.05) is 31.6 Å². The van der Waals surface area contributed by atoms with Crippen LogP contribution < -0.4 is 19.7 Å². The lowest BCUT2D eigenvalue weighted by Gasteiger charge is -2.39. The van der Waals surface area contributed by atoms with Crippen molar-refractivity contribution in [1.29, 1.82) is 0 Å². The number of nitro benzene ring substituents is 1. The smallest absolute Gasteiger partial charge is 0.419 e. The van der Waals surface area contributed by atoms with Gasteiger partial charge in [0, 0.05) is 70.1 Å². The predicted octanol–water partition coefficient (Wildman–Crippen LogP) is 9.16. The molecule has 2 fully saturated rings. The molecule has 5 aromatic rings. The number of piperazine rings is 1. The molecule has 1 amide bonds. The number of anilines is 2. The molecule has 3 aromatic carbocycles. The number of aromatic amines is 1. The highest BCUT2D eigenvalue weighted by atomic mass is 32.2. The molecule has 2 aliphatic heterocycles. The largest absolute Gasteiger partial charge is 0.453 e. The van der Waals surface area contributed by atoms with Crippen LogP contribution in [0.15, 0.2) is 89.6 Å². The quantitative estimate of drug-likeness (QED) is 0.0584.